The zero-order chi connectivity index (χ0) is 48.4. The number of carbonyl (C=O) groups excluding carboxylic acids is 3. The number of hydrogen-bond donors (Lipinski definition) is 1. The number of unbranched alkanes of at least 4 members (excludes halogenated alkanes) is 27. The quantitative estimate of drug-likeness (QED) is 0.0366. The van der Waals surface area contributed by atoms with Crippen molar-refractivity contribution in [2.75, 3.05) is 60.0 Å². The molecule has 9 heteroatoms. The second-order valence-corrected chi connectivity index (χ2v) is 20.2. The van der Waals surface area contributed by atoms with Gasteiger partial charge in [-0.15, -0.1) is 0 Å². The molecular weight excluding hydrogens is 823 g/mol. The third kappa shape index (κ3) is 45.9. The SMILES string of the molecule is CCCCCCCCC(CCCCCCCC)OC(=O)CCCCCCCN(CCCCCCCCOC(=O)C(CCCCCC)CCCCCCCC)CCCOC(=O)NCCN(C)C. The third-order valence-corrected chi connectivity index (χ3v) is 13.4. The summed E-state index contributed by atoms with van der Waals surface area (Å²) in [6, 6.07) is 0. The molecule has 1 atom stereocenters. The lowest BCUT2D eigenvalue weighted by Crippen LogP contribution is -2.32. The van der Waals surface area contributed by atoms with E-state index in [1.165, 1.54) is 154 Å². The van der Waals surface area contributed by atoms with Gasteiger partial charge in [0.1, 0.15) is 6.10 Å². The van der Waals surface area contributed by atoms with Gasteiger partial charge in [0.05, 0.1) is 19.1 Å². The summed E-state index contributed by atoms with van der Waals surface area (Å²) in [4.78, 5) is 42.7. The summed E-state index contributed by atoms with van der Waals surface area (Å²) in [7, 11) is 3.98. The van der Waals surface area contributed by atoms with Gasteiger partial charge in [-0.1, -0.05) is 201 Å². The summed E-state index contributed by atoms with van der Waals surface area (Å²) in [5, 5.41) is 2.84. The van der Waals surface area contributed by atoms with Crippen LogP contribution < -0.4 is 5.32 Å². The van der Waals surface area contributed by atoms with Gasteiger partial charge < -0.3 is 29.3 Å². The molecule has 0 aliphatic heterocycles. The number of carbonyl (C=O) groups is 3. The van der Waals surface area contributed by atoms with Crippen molar-refractivity contribution in [2.45, 2.75) is 284 Å². The van der Waals surface area contributed by atoms with Crippen LogP contribution in [0.25, 0.3) is 0 Å². The van der Waals surface area contributed by atoms with Gasteiger partial charge >= 0.3 is 18.0 Å². The van der Waals surface area contributed by atoms with Crippen molar-refractivity contribution in [1.29, 1.82) is 0 Å². The van der Waals surface area contributed by atoms with Crippen LogP contribution >= 0.6 is 0 Å². The van der Waals surface area contributed by atoms with Crippen molar-refractivity contribution in [3.05, 3.63) is 0 Å². The predicted octanol–water partition coefficient (Wildman–Crippen LogP) is 15.9. The number of nitrogens with zero attached hydrogens (tertiary/aromatic N) is 2. The van der Waals surface area contributed by atoms with E-state index in [2.05, 4.69) is 37.9 Å². The number of nitrogens with one attached hydrogen (secondary N) is 1. The minimum Gasteiger partial charge on any atom is -0.465 e. The summed E-state index contributed by atoms with van der Waals surface area (Å²) in [5.74, 6) is 0.146. The summed E-state index contributed by atoms with van der Waals surface area (Å²) in [5.41, 5.74) is 0. The molecular formula is C57H113N3O6. The summed E-state index contributed by atoms with van der Waals surface area (Å²) >= 11 is 0. The van der Waals surface area contributed by atoms with Gasteiger partial charge in [-0.3, -0.25) is 9.59 Å². The fraction of sp³-hybridized carbons (Fsp3) is 0.947. The highest BCUT2D eigenvalue weighted by atomic mass is 16.6. The molecule has 0 aromatic carbocycles. The van der Waals surface area contributed by atoms with Crippen molar-refractivity contribution < 1.29 is 28.6 Å². The highest BCUT2D eigenvalue weighted by molar-refractivity contribution is 5.72. The van der Waals surface area contributed by atoms with Gasteiger partial charge in [0.2, 0.25) is 0 Å². The zero-order valence-electron chi connectivity index (χ0n) is 45.0. The van der Waals surface area contributed by atoms with Crippen LogP contribution in [0.15, 0.2) is 0 Å². The van der Waals surface area contributed by atoms with Crippen LogP contribution in [0.2, 0.25) is 0 Å². The second kappa shape index (κ2) is 51.0. The maximum Gasteiger partial charge on any atom is 0.407 e. The maximum atomic E-state index is 13.0. The Hall–Kier alpha value is -1.87. The number of hydrogen-bond acceptors (Lipinski definition) is 8. The molecule has 0 heterocycles. The van der Waals surface area contributed by atoms with E-state index in [0.29, 0.717) is 26.2 Å². The van der Waals surface area contributed by atoms with E-state index in [1.54, 1.807) is 0 Å². The van der Waals surface area contributed by atoms with Crippen LogP contribution in [0, 0.1) is 5.92 Å². The van der Waals surface area contributed by atoms with Crippen LogP contribution in [0.5, 0.6) is 0 Å². The Morgan fingerprint density at radius 2 is 0.818 bits per heavy atom. The Morgan fingerprint density at radius 1 is 0.424 bits per heavy atom. The molecule has 0 aromatic heterocycles. The lowest BCUT2D eigenvalue weighted by atomic mass is 9.94. The number of likely N-dealkylation sites (N-methyl/N-ethyl adjacent to an activating group) is 1. The molecule has 0 spiro atoms. The highest BCUT2D eigenvalue weighted by Gasteiger charge is 2.19. The molecule has 0 aliphatic rings. The van der Waals surface area contributed by atoms with Crippen molar-refractivity contribution in [3.63, 3.8) is 0 Å². The fourth-order valence-electron chi connectivity index (χ4n) is 8.97. The third-order valence-electron chi connectivity index (χ3n) is 13.4. The van der Waals surface area contributed by atoms with Gasteiger partial charge in [0.25, 0.3) is 0 Å². The molecule has 1 unspecified atom stereocenters. The second-order valence-electron chi connectivity index (χ2n) is 20.2. The van der Waals surface area contributed by atoms with E-state index in [0.717, 1.165) is 116 Å². The first-order valence-electron chi connectivity index (χ1n) is 28.9. The van der Waals surface area contributed by atoms with Crippen LogP contribution in [0.4, 0.5) is 4.79 Å². The first-order chi connectivity index (χ1) is 32.3. The molecule has 0 aromatic rings. The van der Waals surface area contributed by atoms with Crippen LogP contribution in [0.3, 0.4) is 0 Å². The lowest BCUT2D eigenvalue weighted by molar-refractivity contribution is -0.150. The minimum atomic E-state index is -0.330. The lowest BCUT2D eigenvalue weighted by Gasteiger charge is -2.22. The number of amides is 1. The molecule has 0 fully saturated rings. The van der Waals surface area contributed by atoms with Crippen molar-refractivity contribution in [3.8, 4) is 0 Å². The van der Waals surface area contributed by atoms with Crippen LogP contribution in [-0.4, -0.2) is 94.0 Å². The largest absolute Gasteiger partial charge is 0.465 e. The molecule has 9 nitrogen and oxygen atoms in total. The highest BCUT2D eigenvalue weighted by Crippen LogP contribution is 2.22. The Kier molecular flexibility index (Phi) is 49.5. The predicted molar refractivity (Wildman–Crippen MR) is 281 cm³/mol. The Labute approximate surface area is 410 Å². The van der Waals surface area contributed by atoms with Gasteiger partial charge in [-0.2, -0.15) is 0 Å². The van der Waals surface area contributed by atoms with E-state index in [-0.39, 0.29) is 30.1 Å². The number of alkyl carbamates (subject to hydrolysis) is 1. The minimum absolute atomic E-state index is 0.0101. The average Bonchev–Trinajstić information content (AvgIpc) is 3.30. The molecule has 1 N–H and O–H groups in total. The first kappa shape index (κ1) is 64.1. The number of rotatable bonds is 52. The number of ether oxygens (including phenoxy) is 3. The molecule has 1 amide bonds. The molecule has 0 saturated carbocycles. The summed E-state index contributed by atoms with van der Waals surface area (Å²) in [6.07, 6.45) is 45.2. The molecule has 0 radical (unpaired) electrons. The topological polar surface area (TPSA) is 97.4 Å². The molecule has 0 rings (SSSR count). The van der Waals surface area contributed by atoms with Gasteiger partial charge in [-0.25, -0.2) is 4.79 Å². The maximum absolute atomic E-state index is 13.0. The fourth-order valence-corrected chi connectivity index (χ4v) is 8.97. The van der Waals surface area contributed by atoms with E-state index in [9.17, 15) is 14.4 Å². The first-order valence-corrected chi connectivity index (χ1v) is 28.9. The normalized spacial score (nSPS) is 12.1. The van der Waals surface area contributed by atoms with E-state index >= 15 is 0 Å². The van der Waals surface area contributed by atoms with Crippen molar-refractivity contribution in [1.82, 2.24) is 15.1 Å². The zero-order valence-corrected chi connectivity index (χ0v) is 45.0. The monoisotopic (exact) mass is 936 g/mol. The van der Waals surface area contributed by atoms with E-state index < -0.39 is 0 Å². The Balaban J connectivity index is 4.65. The standard InChI is InChI=1S/C57H113N3O6/c1-7-11-15-19-25-33-42-53(41-32-18-14-10-4)56(62)64-51-39-31-23-22-29-37-47-60(49-40-52-65-57(63)58-46-50-59(5)6)48-38-30-24-28-36-45-55(61)66-54(43-34-26-20-16-12-8-2)44-35-27-21-17-13-9-3/h53-54H,7-52H2,1-6H3,(H,58,63). The van der Waals surface area contributed by atoms with E-state index in [1.807, 2.05) is 19.0 Å². The molecule has 392 valence electrons. The van der Waals surface area contributed by atoms with Gasteiger partial charge in [-0.05, 0) is 97.8 Å². The van der Waals surface area contributed by atoms with Crippen molar-refractivity contribution >= 4 is 18.0 Å². The summed E-state index contributed by atoms with van der Waals surface area (Å²) in [6.45, 7) is 14.4. The van der Waals surface area contributed by atoms with E-state index in [4.69, 9.17) is 14.2 Å². The van der Waals surface area contributed by atoms with Crippen LogP contribution in [0.1, 0.15) is 278 Å². The average molecular weight is 937 g/mol. The smallest absolute Gasteiger partial charge is 0.407 e. The van der Waals surface area contributed by atoms with Gasteiger partial charge in [0.15, 0.2) is 0 Å². The number of esters is 2. The molecule has 66 heavy (non-hydrogen) atoms. The van der Waals surface area contributed by atoms with Gasteiger partial charge in [0, 0.05) is 26.1 Å². The summed E-state index contributed by atoms with van der Waals surface area (Å²) < 4.78 is 17.4. The molecule has 0 aliphatic carbocycles. The van der Waals surface area contributed by atoms with Crippen LogP contribution in [-0.2, 0) is 23.8 Å². The van der Waals surface area contributed by atoms with Crippen molar-refractivity contribution in [2.24, 2.45) is 5.92 Å². The molecule has 0 bridgehead atoms. The Bertz CT molecular complexity index is 1030. The Morgan fingerprint density at radius 3 is 1.32 bits per heavy atom. The molecule has 0 saturated heterocycles.